The maximum Gasteiger partial charge on any atom is 0.127 e. The Bertz CT molecular complexity index is 403. The van der Waals surface area contributed by atoms with Crippen LogP contribution in [0.1, 0.15) is 11.4 Å². The number of imidazole rings is 1. The van der Waals surface area contributed by atoms with Crippen LogP contribution in [0.2, 0.25) is 0 Å². The van der Waals surface area contributed by atoms with Crippen LogP contribution in [0.4, 0.5) is 0 Å². The van der Waals surface area contributed by atoms with Crippen LogP contribution < -0.4 is 0 Å². The highest BCUT2D eigenvalue weighted by Gasteiger charge is 2.06. The van der Waals surface area contributed by atoms with E-state index in [0.717, 1.165) is 22.4 Å². The minimum absolute atomic E-state index is 0.803. The smallest absolute Gasteiger partial charge is 0.127 e. The topological polar surface area (TPSA) is 30.7 Å². The SMILES string of the molecule is Cn1cnc(Br)c1Cc1ccccn1. The average molecular weight is 252 g/mol. The third-order valence-electron chi connectivity index (χ3n) is 2.08. The molecule has 0 aliphatic heterocycles. The van der Waals surface area contributed by atoms with Gasteiger partial charge in [-0.3, -0.25) is 4.98 Å². The Balaban J connectivity index is 2.27. The quantitative estimate of drug-likeness (QED) is 0.820. The van der Waals surface area contributed by atoms with Gasteiger partial charge in [0.1, 0.15) is 4.60 Å². The number of hydrogen-bond donors (Lipinski definition) is 0. The van der Waals surface area contributed by atoms with Crippen LogP contribution in [-0.4, -0.2) is 14.5 Å². The molecule has 0 aliphatic carbocycles. The first kappa shape index (κ1) is 9.40. The number of pyridine rings is 1. The summed E-state index contributed by atoms with van der Waals surface area (Å²) in [6.45, 7) is 0. The highest BCUT2D eigenvalue weighted by molar-refractivity contribution is 9.10. The molecule has 72 valence electrons. The molecule has 3 nitrogen and oxygen atoms in total. The predicted octanol–water partition coefficient (Wildman–Crippen LogP) is 2.17. The number of rotatable bonds is 2. The van der Waals surface area contributed by atoms with Crippen LogP contribution in [0, 0.1) is 0 Å². The van der Waals surface area contributed by atoms with E-state index in [1.165, 1.54) is 0 Å². The largest absolute Gasteiger partial charge is 0.336 e. The third kappa shape index (κ3) is 1.85. The molecule has 2 aromatic rings. The molecular weight excluding hydrogens is 242 g/mol. The molecule has 0 N–H and O–H groups in total. The van der Waals surface area contributed by atoms with Crippen molar-refractivity contribution >= 4 is 15.9 Å². The summed E-state index contributed by atoms with van der Waals surface area (Å²) >= 11 is 3.41. The first-order valence-electron chi connectivity index (χ1n) is 4.33. The van der Waals surface area contributed by atoms with Crippen LogP contribution in [0.25, 0.3) is 0 Å². The lowest BCUT2D eigenvalue weighted by atomic mass is 10.2. The van der Waals surface area contributed by atoms with Crippen molar-refractivity contribution in [3.63, 3.8) is 0 Å². The van der Waals surface area contributed by atoms with E-state index >= 15 is 0 Å². The first-order chi connectivity index (χ1) is 6.77. The maximum atomic E-state index is 4.27. The number of hydrogen-bond acceptors (Lipinski definition) is 2. The molecular formula is C10H10BrN3. The number of halogens is 1. The van der Waals surface area contributed by atoms with Gasteiger partial charge < -0.3 is 4.57 Å². The zero-order chi connectivity index (χ0) is 9.97. The zero-order valence-corrected chi connectivity index (χ0v) is 9.40. The minimum atomic E-state index is 0.803. The molecule has 0 atom stereocenters. The van der Waals surface area contributed by atoms with Crippen LogP contribution in [-0.2, 0) is 13.5 Å². The first-order valence-corrected chi connectivity index (χ1v) is 5.12. The molecule has 14 heavy (non-hydrogen) atoms. The van der Waals surface area contributed by atoms with Gasteiger partial charge in [-0.1, -0.05) is 6.07 Å². The van der Waals surface area contributed by atoms with Gasteiger partial charge in [-0.15, -0.1) is 0 Å². The fraction of sp³-hybridized carbons (Fsp3) is 0.200. The molecule has 0 bridgehead atoms. The van der Waals surface area contributed by atoms with E-state index in [1.54, 1.807) is 12.5 Å². The standard InChI is InChI=1S/C10H10BrN3/c1-14-7-13-10(11)9(14)6-8-4-2-3-5-12-8/h2-5,7H,6H2,1H3. The molecule has 0 aromatic carbocycles. The molecule has 2 heterocycles. The monoisotopic (exact) mass is 251 g/mol. The van der Waals surface area contributed by atoms with E-state index < -0.39 is 0 Å². The molecule has 0 fully saturated rings. The van der Waals surface area contributed by atoms with E-state index in [4.69, 9.17) is 0 Å². The van der Waals surface area contributed by atoms with E-state index in [1.807, 2.05) is 29.8 Å². The fourth-order valence-electron chi connectivity index (χ4n) is 1.30. The predicted molar refractivity (Wildman–Crippen MR) is 58.0 cm³/mol. The second-order valence-corrected chi connectivity index (χ2v) is 3.84. The van der Waals surface area contributed by atoms with Crippen LogP contribution in [0.3, 0.4) is 0 Å². The molecule has 2 aromatic heterocycles. The van der Waals surface area contributed by atoms with Gasteiger partial charge in [0.2, 0.25) is 0 Å². The highest BCUT2D eigenvalue weighted by Crippen LogP contribution is 2.16. The molecule has 0 radical (unpaired) electrons. The van der Waals surface area contributed by atoms with Gasteiger partial charge in [-0.25, -0.2) is 4.98 Å². The summed E-state index contributed by atoms with van der Waals surface area (Å²) in [5.41, 5.74) is 2.19. The lowest BCUT2D eigenvalue weighted by Crippen LogP contribution is -1.98. The molecule has 0 saturated heterocycles. The van der Waals surface area contributed by atoms with Crippen molar-refractivity contribution < 1.29 is 0 Å². The van der Waals surface area contributed by atoms with Gasteiger partial charge in [0.15, 0.2) is 0 Å². The van der Waals surface area contributed by atoms with Crippen molar-refractivity contribution in [2.24, 2.45) is 7.05 Å². The van der Waals surface area contributed by atoms with E-state index in [0.29, 0.717) is 0 Å². The van der Waals surface area contributed by atoms with Crippen molar-refractivity contribution in [3.05, 3.63) is 46.7 Å². The van der Waals surface area contributed by atoms with Crippen LogP contribution in [0.5, 0.6) is 0 Å². The van der Waals surface area contributed by atoms with Crippen molar-refractivity contribution in [1.82, 2.24) is 14.5 Å². The Morgan fingerprint density at radius 2 is 2.21 bits per heavy atom. The van der Waals surface area contributed by atoms with Crippen LogP contribution in [0.15, 0.2) is 35.3 Å². The average Bonchev–Trinajstić information content (AvgIpc) is 2.51. The summed E-state index contributed by atoms with van der Waals surface area (Å²) in [6.07, 6.45) is 4.40. The van der Waals surface area contributed by atoms with E-state index in [2.05, 4.69) is 25.9 Å². The maximum absolute atomic E-state index is 4.27. The van der Waals surface area contributed by atoms with Crippen LogP contribution >= 0.6 is 15.9 Å². The van der Waals surface area contributed by atoms with E-state index in [9.17, 15) is 0 Å². The normalized spacial score (nSPS) is 10.4. The Morgan fingerprint density at radius 3 is 2.79 bits per heavy atom. The molecule has 4 heteroatoms. The van der Waals surface area contributed by atoms with Gasteiger partial charge >= 0.3 is 0 Å². The highest BCUT2D eigenvalue weighted by atomic mass is 79.9. The van der Waals surface area contributed by atoms with Crippen molar-refractivity contribution in [2.75, 3.05) is 0 Å². The summed E-state index contributed by atoms with van der Waals surface area (Å²) < 4.78 is 2.89. The van der Waals surface area contributed by atoms with Gasteiger partial charge in [0.05, 0.1) is 12.0 Å². The number of aromatic nitrogens is 3. The Labute approximate surface area is 90.9 Å². The van der Waals surface area contributed by atoms with Crippen molar-refractivity contribution in [2.45, 2.75) is 6.42 Å². The second kappa shape index (κ2) is 3.92. The fourth-order valence-corrected chi connectivity index (χ4v) is 1.81. The molecule has 0 spiro atoms. The summed E-state index contributed by atoms with van der Waals surface area (Å²) in [7, 11) is 1.98. The van der Waals surface area contributed by atoms with Crippen molar-refractivity contribution in [1.29, 1.82) is 0 Å². The second-order valence-electron chi connectivity index (χ2n) is 3.09. The van der Waals surface area contributed by atoms with Gasteiger partial charge in [0.25, 0.3) is 0 Å². The number of nitrogens with zero attached hydrogens (tertiary/aromatic N) is 3. The Morgan fingerprint density at radius 1 is 1.36 bits per heavy atom. The molecule has 0 unspecified atom stereocenters. The third-order valence-corrected chi connectivity index (χ3v) is 2.75. The van der Waals surface area contributed by atoms with E-state index in [-0.39, 0.29) is 0 Å². The van der Waals surface area contributed by atoms with Gasteiger partial charge in [-0.05, 0) is 28.1 Å². The lowest BCUT2D eigenvalue weighted by Gasteiger charge is -2.02. The summed E-state index contributed by atoms with van der Waals surface area (Å²) in [4.78, 5) is 8.44. The molecule has 0 aliphatic rings. The Hall–Kier alpha value is -1.16. The van der Waals surface area contributed by atoms with Gasteiger partial charge in [-0.2, -0.15) is 0 Å². The molecule has 0 saturated carbocycles. The van der Waals surface area contributed by atoms with Crippen molar-refractivity contribution in [3.8, 4) is 0 Å². The molecule has 0 amide bonds. The number of aryl methyl sites for hydroxylation is 1. The summed E-state index contributed by atoms with van der Waals surface area (Å²) in [5, 5.41) is 0. The lowest BCUT2D eigenvalue weighted by molar-refractivity contribution is 0.833. The summed E-state index contributed by atoms with van der Waals surface area (Å²) in [6, 6.07) is 5.92. The molecule has 2 rings (SSSR count). The summed E-state index contributed by atoms with van der Waals surface area (Å²) in [5.74, 6) is 0. The van der Waals surface area contributed by atoms with Gasteiger partial charge in [0, 0.05) is 25.4 Å². The minimum Gasteiger partial charge on any atom is -0.336 e. The zero-order valence-electron chi connectivity index (χ0n) is 7.81. The Kier molecular flexibility index (Phi) is 2.63.